The van der Waals surface area contributed by atoms with Crippen molar-refractivity contribution >= 4 is 23.4 Å². The summed E-state index contributed by atoms with van der Waals surface area (Å²) in [4.78, 5) is 16.1. The molecule has 2 N–H and O–H groups in total. The van der Waals surface area contributed by atoms with Crippen molar-refractivity contribution in [2.24, 2.45) is 5.73 Å². The Morgan fingerprint density at radius 2 is 1.78 bits per heavy atom. The summed E-state index contributed by atoms with van der Waals surface area (Å²) in [6.45, 7) is 0. The maximum Gasteiger partial charge on any atom is 0.245 e. The van der Waals surface area contributed by atoms with E-state index in [4.69, 9.17) is 5.73 Å². The number of halogens is 2. The van der Waals surface area contributed by atoms with Gasteiger partial charge in [-0.1, -0.05) is 31.4 Å². The zero-order chi connectivity index (χ0) is 19.0. The number of hydrogen-bond donors (Lipinski definition) is 1. The molecule has 2 aromatic carbocycles. The molecule has 0 aromatic heterocycles. The molecule has 4 rings (SSSR count). The van der Waals surface area contributed by atoms with E-state index in [-0.39, 0.29) is 17.5 Å². The van der Waals surface area contributed by atoms with Gasteiger partial charge in [0.05, 0.1) is 10.9 Å². The molecule has 1 fully saturated rings. The van der Waals surface area contributed by atoms with Crippen LogP contribution in [0.2, 0.25) is 0 Å². The molecule has 2 aliphatic rings. The van der Waals surface area contributed by atoms with E-state index in [1.165, 1.54) is 18.2 Å². The Kier molecular flexibility index (Phi) is 5.19. The van der Waals surface area contributed by atoms with Crippen molar-refractivity contribution in [3.05, 3.63) is 59.7 Å². The van der Waals surface area contributed by atoms with Crippen molar-refractivity contribution < 1.29 is 13.6 Å². The van der Waals surface area contributed by atoms with Crippen LogP contribution in [0.3, 0.4) is 0 Å². The Morgan fingerprint density at radius 3 is 2.56 bits per heavy atom. The number of amides is 1. The van der Waals surface area contributed by atoms with Gasteiger partial charge in [0, 0.05) is 16.5 Å². The van der Waals surface area contributed by atoms with Crippen LogP contribution in [0.4, 0.5) is 14.5 Å². The maximum absolute atomic E-state index is 14.5. The second-order valence-electron chi connectivity index (χ2n) is 7.20. The third kappa shape index (κ3) is 3.48. The van der Waals surface area contributed by atoms with Crippen LogP contribution in [0.15, 0.2) is 47.4 Å². The summed E-state index contributed by atoms with van der Waals surface area (Å²) in [6.07, 6.45) is 5.23. The van der Waals surface area contributed by atoms with Gasteiger partial charge in [0.2, 0.25) is 5.91 Å². The van der Waals surface area contributed by atoms with E-state index in [0.29, 0.717) is 0 Å². The molecule has 2 aromatic rings. The molecule has 0 saturated heterocycles. The number of benzene rings is 2. The van der Waals surface area contributed by atoms with Gasteiger partial charge in [-0.2, -0.15) is 0 Å². The van der Waals surface area contributed by atoms with E-state index in [1.807, 2.05) is 29.2 Å². The monoisotopic (exact) mass is 388 g/mol. The summed E-state index contributed by atoms with van der Waals surface area (Å²) in [5.41, 5.74) is 7.32. The molecule has 3 nitrogen and oxygen atoms in total. The van der Waals surface area contributed by atoms with Gasteiger partial charge in [-0.25, -0.2) is 8.78 Å². The lowest BCUT2D eigenvalue weighted by atomic mass is 9.92. The van der Waals surface area contributed by atoms with Crippen molar-refractivity contribution in [2.75, 3.05) is 4.90 Å². The van der Waals surface area contributed by atoms with Gasteiger partial charge < -0.3 is 10.6 Å². The number of fused-ring (bicyclic) bond motifs is 1. The molecule has 1 saturated carbocycles. The summed E-state index contributed by atoms with van der Waals surface area (Å²) in [7, 11) is 0. The number of nitrogens with two attached hydrogens (primary N) is 1. The highest BCUT2D eigenvalue weighted by Gasteiger charge is 2.40. The summed E-state index contributed by atoms with van der Waals surface area (Å²) in [5.74, 6) is -1.29. The van der Waals surface area contributed by atoms with E-state index in [1.54, 1.807) is 0 Å². The van der Waals surface area contributed by atoms with Gasteiger partial charge in [0.15, 0.2) is 0 Å². The molecular weight excluding hydrogens is 366 g/mol. The summed E-state index contributed by atoms with van der Waals surface area (Å²) >= 11 is 1.34. The zero-order valence-corrected chi connectivity index (χ0v) is 15.7. The number of rotatable bonds is 2. The molecule has 0 radical (unpaired) electrons. The molecule has 2 atom stereocenters. The summed E-state index contributed by atoms with van der Waals surface area (Å²) in [6, 6.07) is 10.1. The standard InChI is InChI=1S/C21H22F2N2OS/c22-13-10-11-16(23)15(12-13)20-19(24)21(26)25(14-6-2-1-3-7-14)17-8-4-5-9-18(17)27-20/h4-5,8-12,14,19-20H,1-3,6-7,24H2. The average Bonchev–Trinajstić information content (AvgIpc) is 2.79. The first-order chi connectivity index (χ1) is 13.1. The fourth-order valence-corrected chi connectivity index (χ4v) is 5.37. The lowest BCUT2D eigenvalue weighted by Crippen LogP contribution is -2.50. The van der Waals surface area contributed by atoms with E-state index in [2.05, 4.69) is 0 Å². The van der Waals surface area contributed by atoms with E-state index >= 15 is 0 Å². The Labute approximate surface area is 161 Å². The number of anilines is 1. The molecule has 1 aliphatic heterocycles. The molecule has 142 valence electrons. The first kappa shape index (κ1) is 18.4. The fourth-order valence-electron chi connectivity index (χ4n) is 4.08. The van der Waals surface area contributed by atoms with Gasteiger partial charge in [0.1, 0.15) is 17.7 Å². The molecule has 27 heavy (non-hydrogen) atoms. The molecular formula is C21H22F2N2OS. The first-order valence-corrected chi connectivity index (χ1v) is 10.2. The van der Waals surface area contributed by atoms with E-state index < -0.39 is 22.9 Å². The lowest BCUT2D eigenvalue weighted by molar-refractivity contribution is -0.120. The third-order valence-corrected chi connectivity index (χ3v) is 6.83. The number of nitrogens with zero attached hydrogens (tertiary/aromatic N) is 1. The summed E-state index contributed by atoms with van der Waals surface area (Å²) < 4.78 is 28.2. The Morgan fingerprint density at radius 1 is 1.04 bits per heavy atom. The van der Waals surface area contributed by atoms with Crippen molar-refractivity contribution in [3.8, 4) is 0 Å². The van der Waals surface area contributed by atoms with Crippen LogP contribution in [0.25, 0.3) is 0 Å². The molecule has 6 heteroatoms. The largest absolute Gasteiger partial charge is 0.319 e. The molecule has 1 aliphatic carbocycles. The fraction of sp³-hybridized carbons (Fsp3) is 0.381. The van der Waals surface area contributed by atoms with Crippen LogP contribution in [0.5, 0.6) is 0 Å². The third-order valence-electron chi connectivity index (χ3n) is 5.43. The van der Waals surface area contributed by atoms with Crippen LogP contribution >= 0.6 is 11.8 Å². The molecule has 0 bridgehead atoms. The number of thioether (sulfide) groups is 1. The average molecular weight is 388 g/mol. The molecule has 2 unspecified atom stereocenters. The highest BCUT2D eigenvalue weighted by atomic mass is 32.2. The number of para-hydroxylation sites is 1. The zero-order valence-electron chi connectivity index (χ0n) is 14.9. The predicted molar refractivity (Wildman–Crippen MR) is 104 cm³/mol. The van der Waals surface area contributed by atoms with Crippen molar-refractivity contribution in [1.29, 1.82) is 0 Å². The van der Waals surface area contributed by atoms with Crippen LogP contribution in [-0.4, -0.2) is 18.0 Å². The van der Waals surface area contributed by atoms with Crippen LogP contribution in [0, 0.1) is 11.6 Å². The molecule has 1 heterocycles. The van der Waals surface area contributed by atoms with Gasteiger partial charge in [-0.05, 0) is 43.2 Å². The first-order valence-electron chi connectivity index (χ1n) is 9.35. The number of carbonyl (C=O) groups excluding carboxylic acids is 1. The van der Waals surface area contributed by atoms with Crippen LogP contribution in [-0.2, 0) is 4.79 Å². The minimum absolute atomic E-state index is 0.107. The Balaban J connectivity index is 1.79. The SMILES string of the molecule is NC1C(=O)N(C2CCCCC2)c2ccccc2SC1c1cc(F)ccc1F. The normalized spacial score (nSPS) is 23.8. The second-order valence-corrected chi connectivity index (χ2v) is 8.38. The highest BCUT2D eigenvalue weighted by Crippen LogP contribution is 2.47. The highest BCUT2D eigenvalue weighted by molar-refractivity contribution is 7.99. The Bertz CT molecular complexity index is 854. The predicted octanol–water partition coefficient (Wildman–Crippen LogP) is 4.80. The topological polar surface area (TPSA) is 46.3 Å². The van der Waals surface area contributed by atoms with Crippen LogP contribution in [0.1, 0.15) is 42.9 Å². The number of hydrogen-bond acceptors (Lipinski definition) is 3. The van der Waals surface area contributed by atoms with Crippen molar-refractivity contribution in [3.63, 3.8) is 0 Å². The quantitative estimate of drug-likeness (QED) is 0.803. The second kappa shape index (κ2) is 7.60. The minimum atomic E-state index is -0.944. The van der Waals surface area contributed by atoms with Gasteiger partial charge in [0.25, 0.3) is 0 Å². The van der Waals surface area contributed by atoms with Crippen LogP contribution < -0.4 is 10.6 Å². The van der Waals surface area contributed by atoms with E-state index in [9.17, 15) is 13.6 Å². The molecule has 0 spiro atoms. The minimum Gasteiger partial charge on any atom is -0.319 e. The smallest absolute Gasteiger partial charge is 0.245 e. The van der Waals surface area contributed by atoms with Gasteiger partial charge >= 0.3 is 0 Å². The van der Waals surface area contributed by atoms with Gasteiger partial charge in [-0.15, -0.1) is 11.8 Å². The van der Waals surface area contributed by atoms with Gasteiger partial charge in [-0.3, -0.25) is 4.79 Å². The molecule has 1 amide bonds. The van der Waals surface area contributed by atoms with Crippen molar-refractivity contribution in [1.82, 2.24) is 0 Å². The lowest BCUT2D eigenvalue weighted by Gasteiger charge is -2.35. The van der Waals surface area contributed by atoms with Crippen molar-refractivity contribution in [2.45, 2.75) is 54.3 Å². The Hall–Kier alpha value is -1.92. The maximum atomic E-state index is 14.5. The van der Waals surface area contributed by atoms with E-state index in [0.717, 1.165) is 54.5 Å². The number of carbonyl (C=O) groups is 1. The summed E-state index contributed by atoms with van der Waals surface area (Å²) in [5, 5.41) is -0.678.